The van der Waals surface area contributed by atoms with E-state index in [4.69, 9.17) is 5.41 Å². The number of nitrogens with one attached hydrogen (secondary N) is 2. The van der Waals surface area contributed by atoms with Crippen LogP contribution in [0.4, 0.5) is 5.69 Å². The fourth-order valence-corrected chi connectivity index (χ4v) is 1.31. The van der Waals surface area contributed by atoms with Gasteiger partial charge < -0.3 is 5.32 Å². The summed E-state index contributed by atoms with van der Waals surface area (Å²) in [7, 11) is 0. The van der Waals surface area contributed by atoms with E-state index >= 15 is 0 Å². The summed E-state index contributed by atoms with van der Waals surface area (Å²) >= 11 is 1.50. The molecule has 0 aliphatic rings. The molecule has 0 aliphatic carbocycles. The molecule has 1 rings (SSSR count). The lowest BCUT2D eigenvalue weighted by Gasteiger charge is -2.04. The van der Waals surface area contributed by atoms with Crippen molar-refractivity contribution in [3.8, 4) is 0 Å². The Balaban J connectivity index is 0.00000144. The van der Waals surface area contributed by atoms with Crippen molar-refractivity contribution in [2.75, 3.05) is 11.1 Å². The third-order valence-corrected chi connectivity index (χ3v) is 2.00. The molecule has 13 heavy (non-hydrogen) atoms. The number of rotatable bonds is 2. The van der Waals surface area contributed by atoms with E-state index in [-0.39, 0.29) is 17.0 Å². The normalized spacial score (nSPS) is 8.69. The van der Waals surface area contributed by atoms with Crippen molar-refractivity contribution in [3.63, 3.8) is 0 Å². The van der Waals surface area contributed by atoms with E-state index in [0.717, 1.165) is 11.4 Å². The highest BCUT2D eigenvalue weighted by atomic mass is 79.9. The molecule has 2 nitrogen and oxygen atoms in total. The van der Waals surface area contributed by atoms with Gasteiger partial charge >= 0.3 is 0 Å². The molecule has 0 fully saturated rings. The van der Waals surface area contributed by atoms with Gasteiger partial charge in [0.15, 0.2) is 5.17 Å². The van der Waals surface area contributed by atoms with Crippen LogP contribution in [0.1, 0.15) is 6.92 Å². The Morgan fingerprint density at radius 2 is 2.00 bits per heavy atom. The van der Waals surface area contributed by atoms with Crippen LogP contribution in [0.5, 0.6) is 0 Å². The van der Waals surface area contributed by atoms with Gasteiger partial charge in [0.05, 0.1) is 0 Å². The largest absolute Gasteiger partial charge is 0.335 e. The summed E-state index contributed by atoms with van der Waals surface area (Å²) < 4.78 is 0. The van der Waals surface area contributed by atoms with E-state index in [9.17, 15) is 0 Å². The summed E-state index contributed by atoms with van der Waals surface area (Å²) in [5, 5.41) is 11.0. The predicted molar refractivity (Wildman–Crippen MR) is 66.2 cm³/mol. The summed E-state index contributed by atoms with van der Waals surface area (Å²) in [6, 6.07) is 9.76. The molecule has 0 unspecified atom stereocenters. The van der Waals surface area contributed by atoms with Crippen LogP contribution in [0.3, 0.4) is 0 Å². The first kappa shape index (κ1) is 12.5. The van der Waals surface area contributed by atoms with E-state index in [2.05, 4.69) is 5.32 Å². The first-order chi connectivity index (χ1) is 5.83. The first-order valence-corrected chi connectivity index (χ1v) is 4.85. The van der Waals surface area contributed by atoms with E-state index in [1.165, 1.54) is 11.8 Å². The van der Waals surface area contributed by atoms with Crippen molar-refractivity contribution in [3.05, 3.63) is 30.3 Å². The minimum absolute atomic E-state index is 0. The standard InChI is InChI=1S/C9H12N2S.BrH/c1-2-12-9(10)11-8-6-4-3-5-7-8;/h3-7H,2H2,1H3,(H2,10,11);1H. The van der Waals surface area contributed by atoms with Gasteiger partial charge in [0, 0.05) is 5.69 Å². The van der Waals surface area contributed by atoms with Crippen LogP contribution in [0.15, 0.2) is 30.3 Å². The zero-order valence-electron chi connectivity index (χ0n) is 7.41. The van der Waals surface area contributed by atoms with Gasteiger partial charge in [-0.2, -0.15) is 0 Å². The number of anilines is 1. The smallest absolute Gasteiger partial charge is 0.158 e. The molecule has 0 amide bonds. The van der Waals surface area contributed by atoms with Crippen molar-refractivity contribution in [2.24, 2.45) is 0 Å². The zero-order valence-corrected chi connectivity index (χ0v) is 9.94. The first-order valence-electron chi connectivity index (χ1n) is 3.86. The maximum atomic E-state index is 7.48. The van der Waals surface area contributed by atoms with Crippen molar-refractivity contribution in [1.29, 1.82) is 5.41 Å². The molecule has 0 heterocycles. The molecule has 72 valence electrons. The topological polar surface area (TPSA) is 35.9 Å². The second-order valence-corrected chi connectivity index (χ2v) is 3.53. The molecule has 4 heteroatoms. The molecule has 0 saturated carbocycles. The molecule has 0 aromatic heterocycles. The van der Waals surface area contributed by atoms with Crippen LogP contribution in [-0.4, -0.2) is 10.9 Å². The molecule has 0 bridgehead atoms. The molecular weight excluding hydrogens is 248 g/mol. The highest BCUT2D eigenvalue weighted by Gasteiger charge is 1.94. The van der Waals surface area contributed by atoms with Gasteiger partial charge in [-0.3, -0.25) is 5.41 Å². The summed E-state index contributed by atoms with van der Waals surface area (Å²) in [5.74, 6) is 0.929. The summed E-state index contributed by atoms with van der Waals surface area (Å²) in [6.07, 6.45) is 0. The van der Waals surface area contributed by atoms with E-state index in [1.54, 1.807) is 0 Å². The third kappa shape index (κ3) is 4.95. The zero-order chi connectivity index (χ0) is 8.81. The van der Waals surface area contributed by atoms with Gasteiger partial charge in [-0.05, 0) is 17.9 Å². The van der Waals surface area contributed by atoms with Crippen LogP contribution >= 0.6 is 28.7 Å². The summed E-state index contributed by atoms with van der Waals surface area (Å²) in [6.45, 7) is 2.03. The SMILES string of the molecule is Br.CCSC(=N)Nc1ccccc1. The van der Waals surface area contributed by atoms with Gasteiger partial charge in [0.2, 0.25) is 0 Å². The summed E-state index contributed by atoms with van der Waals surface area (Å²) in [4.78, 5) is 0. The van der Waals surface area contributed by atoms with Crippen molar-refractivity contribution >= 4 is 39.6 Å². The number of amidine groups is 1. The van der Waals surface area contributed by atoms with Crippen molar-refractivity contribution in [2.45, 2.75) is 6.92 Å². The lowest BCUT2D eigenvalue weighted by molar-refractivity contribution is 1.50. The summed E-state index contributed by atoms with van der Waals surface area (Å²) in [5.41, 5.74) is 0.975. The highest BCUT2D eigenvalue weighted by Crippen LogP contribution is 2.09. The van der Waals surface area contributed by atoms with Crippen molar-refractivity contribution < 1.29 is 0 Å². The Bertz CT molecular complexity index is 251. The average molecular weight is 261 g/mol. The van der Waals surface area contributed by atoms with Gasteiger partial charge in [-0.15, -0.1) is 17.0 Å². The Kier molecular flexibility index (Phi) is 6.72. The van der Waals surface area contributed by atoms with Gasteiger partial charge in [-0.25, -0.2) is 0 Å². The molecule has 0 saturated heterocycles. The number of hydrogen-bond acceptors (Lipinski definition) is 2. The van der Waals surface area contributed by atoms with E-state index in [1.807, 2.05) is 37.3 Å². The van der Waals surface area contributed by atoms with Gasteiger partial charge in [0.1, 0.15) is 0 Å². The van der Waals surface area contributed by atoms with Crippen LogP contribution < -0.4 is 5.32 Å². The average Bonchev–Trinajstić information content (AvgIpc) is 2.06. The Morgan fingerprint density at radius 3 is 2.54 bits per heavy atom. The van der Waals surface area contributed by atoms with Gasteiger partial charge in [0.25, 0.3) is 0 Å². The number of halogens is 1. The molecule has 0 atom stereocenters. The molecule has 0 aliphatic heterocycles. The molecule has 1 aromatic carbocycles. The van der Waals surface area contributed by atoms with Crippen LogP contribution in [0, 0.1) is 5.41 Å². The quantitative estimate of drug-likeness (QED) is 0.632. The monoisotopic (exact) mass is 260 g/mol. The Morgan fingerprint density at radius 1 is 1.38 bits per heavy atom. The second-order valence-electron chi connectivity index (χ2n) is 2.25. The van der Waals surface area contributed by atoms with E-state index in [0.29, 0.717) is 5.17 Å². The minimum atomic E-state index is 0. The maximum absolute atomic E-state index is 7.48. The van der Waals surface area contributed by atoms with Crippen molar-refractivity contribution in [1.82, 2.24) is 0 Å². The van der Waals surface area contributed by atoms with Crippen LogP contribution in [-0.2, 0) is 0 Å². The molecule has 1 aromatic rings. The molecule has 2 N–H and O–H groups in total. The van der Waals surface area contributed by atoms with Crippen LogP contribution in [0.2, 0.25) is 0 Å². The molecule has 0 spiro atoms. The third-order valence-electron chi connectivity index (χ3n) is 1.32. The number of hydrogen-bond donors (Lipinski definition) is 2. The van der Waals surface area contributed by atoms with Gasteiger partial charge in [-0.1, -0.05) is 36.9 Å². The predicted octanol–water partition coefficient (Wildman–Crippen LogP) is 3.36. The molecule has 0 radical (unpaired) electrons. The molecular formula is C9H13BrN2S. The minimum Gasteiger partial charge on any atom is -0.335 e. The lowest BCUT2D eigenvalue weighted by Crippen LogP contribution is -2.05. The number of benzene rings is 1. The Labute approximate surface area is 93.4 Å². The number of thioether (sulfide) groups is 1. The van der Waals surface area contributed by atoms with E-state index < -0.39 is 0 Å². The fourth-order valence-electron chi connectivity index (χ4n) is 0.833. The fraction of sp³-hybridized carbons (Fsp3) is 0.222. The van der Waals surface area contributed by atoms with Crippen LogP contribution in [0.25, 0.3) is 0 Å². The Hall–Kier alpha value is -0.480. The highest BCUT2D eigenvalue weighted by molar-refractivity contribution is 8.93. The maximum Gasteiger partial charge on any atom is 0.158 e. The second kappa shape index (κ2) is 6.97. The lowest BCUT2D eigenvalue weighted by atomic mass is 10.3. The number of para-hydroxylation sites is 1.